The summed E-state index contributed by atoms with van der Waals surface area (Å²) in [5.41, 5.74) is 1.09. The molecular weight excluding hydrogens is 284 g/mol. The quantitative estimate of drug-likeness (QED) is 0.641. The van der Waals surface area contributed by atoms with Crippen LogP contribution in [0.4, 0.5) is 4.79 Å². The summed E-state index contributed by atoms with van der Waals surface area (Å²) in [6.07, 6.45) is -0.244. The highest BCUT2D eigenvalue weighted by Crippen LogP contribution is 2.12. The van der Waals surface area contributed by atoms with Crippen molar-refractivity contribution in [2.75, 3.05) is 26.8 Å². The fourth-order valence-electron chi connectivity index (χ4n) is 1.76. The summed E-state index contributed by atoms with van der Waals surface area (Å²) in [6.45, 7) is 5.34. The number of amides is 1. The third kappa shape index (κ3) is 7.85. The van der Waals surface area contributed by atoms with E-state index >= 15 is 0 Å². The summed E-state index contributed by atoms with van der Waals surface area (Å²) in [5.74, 6) is 0.716. The second kappa shape index (κ2) is 10.0. The summed E-state index contributed by atoms with van der Waals surface area (Å²) in [6, 6.07) is 7.93. The number of aliphatic hydroxyl groups excluding tert-OH is 1. The van der Waals surface area contributed by atoms with Gasteiger partial charge in [-0.25, -0.2) is 4.79 Å². The molecule has 0 bridgehead atoms. The summed E-state index contributed by atoms with van der Waals surface area (Å²) in [7, 11) is 1.34. The van der Waals surface area contributed by atoms with E-state index in [0.29, 0.717) is 24.9 Å². The van der Waals surface area contributed by atoms with Crippen molar-refractivity contribution in [3.05, 3.63) is 29.8 Å². The fraction of sp³-hybridized carbons (Fsp3) is 0.562. The molecule has 3 N–H and O–H groups in total. The molecule has 1 aromatic carbocycles. The molecule has 1 atom stereocenters. The van der Waals surface area contributed by atoms with Crippen LogP contribution in [0.15, 0.2) is 24.3 Å². The third-order valence-electron chi connectivity index (χ3n) is 3.00. The Morgan fingerprint density at radius 2 is 1.95 bits per heavy atom. The average molecular weight is 310 g/mol. The minimum atomic E-state index is -0.536. The van der Waals surface area contributed by atoms with Crippen LogP contribution in [0, 0.1) is 0 Å². The Morgan fingerprint density at radius 1 is 1.27 bits per heavy atom. The zero-order chi connectivity index (χ0) is 16.4. The predicted molar refractivity (Wildman–Crippen MR) is 85.2 cm³/mol. The van der Waals surface area contributed by atoms with Crippen molar-refractivity contribution in [2.45, 2.75) is 32.4 Å². The van der Waals surface area contributed by atoms with Crippen molar-refractivity contribution < 1.29 is 19.4 Å². The Balaban J connectivity index is 2.28. The molecule has 124 valence electrons. The third-order valence-corrected chi connectivity index (χ3v) is 3.00. The van der Waals surface area contributed by atoms with Gasteiger partial charge in [0, 0.05) is 19.1 Å². The van der Waals surface area contributed by atoms with Crippen LogP contribution in [0.5, 0.6) is 5.75 Å². The number of nitrogens with one attached hydrogen (secondary N) is 2. The Hall–Kier alpha value is -1.79. The van der Waals surface area contributed by atoms with Crippen molar-refractivity contribution in [3.63, 3.8) is 0 Å². The van der Waals surface area contributed by atoms with Gasteiger partial charge in [-0.15, -0.1) is 0 Å². The smallest absolute Gasteiger partial charge is 0.406 e. The van der Waals surface area contributed by atoms with Crippen LogP contribution in [0.2, 0.25) is 0 Å². The lowest BCUT2D eigenvalue weighted by atomic mass is 10.1. The number of hydrogen-bond acceptors (Lipinski definition) is 5. The van der Waals surface area contributed by atoms with E-state index in [1.807, 2.05) is 38.1 Å². The Labute approximate surface area is 131 Å². The lowest BCUT2D eigenvalue weighted by molar-refractivity contribution is 0.104. The van der Waals surface area contributed by atoms with E-state index in [9.17, 15) is 9.90 Å². The van der Waals surface area contributed by atoms with Gasteiger partial charge in [-0.1, -0.05) is 26.0 Å². The molecule has 0 fully saturated rings. The number of carbonyl (C=O) groups excluding carboxylic acids is 1. The lowest BCUT2D eigenvalue weighted by Crippen LogP contribution is -2.35. The molecule has 22 heavy (non-hydrogen) atoms. The van der Waals surface area contributed by atoms with Gasteiger partial charge < -0.3 is 25.2 Å². The number of alkyl carbamates (subject to hydrolysis) is 1. The van der Waals surface area contributed by atoms with Gasteiger partial charge in [-0.3, -0.25) is 0 Å². The Morgan fingerprint density at radius 3 is 2.55 bits per heavy atom. The summed E-state index contributed by atoms with van der Waals surface area (Å²) < 4.78 is 10.0. The van der Waals surface area contributed by atoms with Gasteiger partial charge in [0.2, 0.25) is 0 Å². The second-order valence-electron chi connectivity index (χ2n) is 5.34. The first-order valence-electron chi connectivity index (χ1n) is 7.46. The van der Waals surface area contributed by atoms with Crippen LogP contribution in [-0.4, -0.2) is 50.2 Å². The normalized spacial score (nSPS) is 12.0. The maximum atomic E-state index is 10.9. The molecule has 6 nitrogen and oxygen atoms in total. The second-order valence-corrected chi connectivity index (χ2v) is 5.34. The van der Waals surface area contributed by atoms with Crippen molar-refractivity contribution in [1.29, 1.82) is 0 Å². The first kappa shape index (κ1) is 18.3. The molecule has 0 saturated carbocycles. The molecule has 0 saturated heterocycles. The molecule has 0 aliphatic heterocycles. The lowest BCUT2D eigenvalue weighted by Gasteiger charge is -2.15. The van der Waals surface area contributed by atoms with Crippen molar-refractivity contribution in [2.24, 2.45) is 0 Å². The molecule has 6 heteroatoms. The van der Waals surface area contributed by atoms with Crippen LogP contribution in [-0.2, 0) is 11.2 Å². The van der Waals surface area contributed by atoms with Gasteiger partial charge in [0.25, 0.3) is 0 Å². The van der Waals surface area contributed by atoms with Gasteiger partial charge in [-0.2, -0.15) is 0 Å². The van der Waals surface area contributed by atoms with E-state index in [-0.39, 0.29) is 6.61 Å². The molecule has 0 spiro atoms. The average Bonchev–Trinajstić information content (AvgIpc) is 2.51. The molecular formula is C16H26N2O4. The van der Waals surface area contributed by atoms with Crippen LogP contribution in [0.3, 0.4) is 0 Å². The molecule has 0 radical (unpaired) electrons. The number of benzene rings is 1. The van der Waals surface area contributed by atoms with E-state index in [4.69, 9.17) is 4.74 Å². The minimum Gasteiger partial charge on any atom is -0.491 e. The molecule has 1 rings (SSSR count). The monoisotopic (exact) mass is 310 g/mol. The molecule has 1 aromatic rings. The first-order valence-corrected chi connectivity index (χ1v) is 7.46. The van der Waals surface area contributed by atoms with Gasteiger partial charge in [-0.05, 0) is 24.1 Å². The van der Waals surface area contributed by atoms with E-state index in [0.717, 1.165) is 12.0 Å². The molecule has 0 heterocycles. The number of hydrogen-bond donors (Lipinski definition) is 3. The van der Waals surface area contributed by atoms with Gasteiger partial charge in [0.15, 0.2) is 0 Å². The standard InChI is InChI=1S/C16H26N2O4/c1-12(2)18-10-14(19)11-22-15-6-4-13(5-7-15)8-9-17-16(20)21-3/h4-7,12,14,18-19H,8-11H2,1-3H3,(H,17,20). The van der Waals surface area contributed by atoms with Crippen molar-refractivity contribution >= 4 is 6.09 Å². The highest BCUT2D eigenvalue weighted by molar-refractivity contribution is 5.66. The number of carbonyl (C=O) groups is 1. The van der Waals surface area contributed by atoms with E-state index in [1.54, 1.807) is 0 Å². The van der Waals surface area contributed by atoms with E-state index < -0.39 is 12.2 Å². The number of rotatable bonds is 9. The Bertz CT molecular complexity index is 434. The number of methoxy groups -OCH3 is 1. The predicted octanol–water partition coefficient (Wildman–Crippen LogP) is 1.32. The summed E-state index contributed by atoms with van der Waals surface area (Å²) in [4.78, 5) is 10.9. The van der Waals surface area contributed by atoms with Crippen LogP contribution >= 0.6 is 0 Å². The summed E-state index contributed by atoms with van der Waals surface area (Å²) in [5, 5.41) is 15.5. The minimum absolute atomic E-state index is 0.253. The van der Waals surface area contributed by atoms with E-state index in [1.165, 1.54) is 7.11 Å². The number of ether oxygens (including phenoxy) is 2. The molecule has 0 aromatic heterocycles. The fourth-order valence-corrected chi connectivity index (χ4v) is 1.76. The zero-order valence-electron chi connectivity index (χ0n) is 13.5. The maximum absolute atomic E-state index is 10.9. The topological polar surface area (TPSA) is 79.8 Å². The van der Waals surface area contributed by atoms with E-state index in [2.05, 4.69) is 15.4 Å². The highest BCUT2D eigenvalue weighted by atomic mass is 16.5. The van der Waals surface area contributed by atoms with Crippen LogP contribution in [0.25, 0.3) is 0 Å². The molecule has 1 amide bonds. The largest absolute Gasteiger partial charge is 0.491 e. The van der Waals surface area contributed by atoms with Crippen LogP contribution < -0.4 is 15.4 Å². The van der Waals surface area contributed by atoms with Gasteiger partial charge >= 0.3 is 6.09 Å². The number of aliphatic hydroxyl groups is 1. The molecule has 0 aliphatic carbocycles. The summed E-state index contributed by atoms with van der Waals surface area (Å²) >= 11 is 0. The SMILES string of the molecule is COC(=O)NCCc1ccc(OCC(O)CNC(C)C)cc1. The Kier molecular flexibility index (Phi) is 8.32. The highest BCUT2D eigenvalue weighted by Gasteiger charge is 2.06. The maximum Gasteiger partial charge on any atom is 0.406 e. The molecule has 1 unspecified atom stereocenters. The first-order chi connectivity index (χ1) is 10.5. The zero-order valence-corrected chi connectivity index (χ0v) is 13.5. The van der Waals surface area contributed by atoms with Crippen molar-refractivity contribution in [1.82, 2.24) is 10.6 Å². The van der Waals surface area contributed by atoms with Crippen molar-refractivity contribution in [3.8, 4) is 5.75 Å². The van der Waals surface area contributed by atoms with Gasteiger partial charge in [0.05, 0.1) is 7.11 Å². The molecule has 0 aliphatic rings. The van der Waals surface area contributed by atoms with Crippen LogP contribution in [0.1, 0.15) is 19.4 Å². The van der Waals surface area contributed by atoms with Gasteiger partial charge in [0.1, 0.15) is 18.5 Å².